The first kappa shape index (κ1) is 30.3. The van der Waals surface area contributed by atoms with Gasteiger partial charge in [0, 0.05) is 61.1 Å². The van der Waals surface area contributed by atoms with E-state index < -0.39 is 0 Å². The van der Waals surface area contributed by atoms with Crippen LogP contribution in [0.5, 0.6) is 0 Å². The van der Waals surface area contributed by atoms with E-state index in [9.17, 15) is 0 Å². The van der Waals surface area contributed by atoms with Crippen molar-refractivity contribution in [3.05, 3.63) is 194 Å². The van der Waals surface area contributed by atoms with E-state index in [2.05, 4.69) is 186 Å². The summed E-state index contributed by atoms with van der Waals surface area (Å²) in [6.45, 7) is 0. The number of nitrogens with zero attached hydrogens (tertiary/aromatic N) is 2. The van der Waals surface area contributed by atoms with E-state index in [4.69, 9.17) is 8.83 Å². The van der Waals surface area contributed by atoms with Crippen molar-refractivity contribution in [2.75, 3.05) is 9.80 Å². The summed E-state index contributed by atoms with van der Waals surface area (Å²) >= 11 is 0. The Morgan fingerprint density at radius 3 is 1.37 bits per heavy atom. The Kier molecular flexibility index (Phi) is 6.82. The Morgan fingerprint density at radius 2 is 0.704 bits per heavy atom. The van der Waals surface area contributed by atoms with Gasteiger partial charge in [-0.3, -0.25) is 0 Å². The maximum Gasteiger partial charge on any atom is 0.143 e. The molecule has 0 saturated carbocycles. The van der Waals surface area contributed by atoms with Gasteiger partial charge in [-0.1, -0.05) is 97.1 Å². The SMILES string of the molecule is c1ccc(N(c2ccccc2)c2ccc(N(c3ccc4oc5ccccc5c4c3)c3ccc4c(c3)c3ccccc3c3c5ccccc5oc43)cc2)cc1. The smallest absolute Gasteiger partial charge is 0.143 e. The van der Waals surface area contributed by atoms with Crippen LogP contribution in [0.25, 0.3) is 65.4 Å². The second-order valence-corrected chi connectivity index (χ2v) is 13.7. The van der Waals surface area contributed by atoms with Crippen LogP contribution in [0, 0.1) is 0 Å². The molecule has 0 amide bonds. The summed E-state index contributed by atoms with van der Waals surface area (Å²) in [5.41, 5.74) is 9.97. The normalized spacial score (nSPS) is 11.7. The van der Waals surface area contributed by atoms with Crippen molar-refractivity contribution in [3.8, 4) is 0 Å². The molecule has 2 heterocycles. The highest BCUT2D eigenvalue weighted by atomic mass is 16.3. The molecule has 0 saturated heterocycles. The predicted molar refractivity (Wildman–Crippen MR) is 225 cm³/mol. The molecule has 0 spiro atoms. The quantitative estimate of drug-likeness (QED) is 0.162. The first-order valence-corrected chi connectivity index (χ1v) is 18.3. The van der Waals surface area contributed by atoms with Gasteiger partial charge in [0.05, 0.1) is 0 Å². The molecule has 0 bridgehead atoms. The minimum Gasteiger partial charge on any atom is -0.456 e. The van der Waals surface area contributed by atoms with E-state index >= 15 is 0 Å². The molecule has 11 aromatic rings. The lowest BCUT2D eigenvalue weighted by molar-refractivity contribution is 0.669. The maximum absolute atomic E-state index is 6.60. The number of rotatable bonds is 6. The largest absolute Gasteiger partial charge is 0.456 e. The third-order valence-corrected chi connectivity index (χ3v) is 10.6. The highest BCUT2D eigenvalue weighted by Gasteiger charge is 2.21. The van der Waals surface area contributed by atoms with Crippen LogP contribution in [-0.4, -0.2) is 0 Å². The van der Waals surface area contributed by atoms with Crippen molar-refractivity contribution in [2.24, 2.45) is 0 Å². The zero-order chi connectivity index (χ0) is 35.6. The number of para-hydroxylation sites is 4. The predicted octanol–water partition coefficient (Wildman–Crippen LogP) is 14.7. The van der Waals surface area contributed by atoms with E-state index in [1.807, 2.05) is 18.2 Å². The molecule has 0 aliphatic rings. The Hall–Kier alpha value is -7.30. The Morgan fingerprint density at radius 1 is 0.259 bits per heavy atom. The lowest BCUT2D eigenvalue weighted by Gasteiger charge is -2.28. The van der Waals surface area contributed by atoms with Gasteiger partial charge >= 0.3 is 0 Å². The van der Waals surface area contributed by atoms with Gasteiger partial charge in [-0.05, 0) is 113 Å². The van der Waals surface area contributed by atoms with Crippen molar-refractivity contribution in [2.45, 2.75) is 0 Å². The summed E-state index contributed by atoms with van der Waals surface area (Å²) < 4.78 is 12.9. The topological polar surface area (TPSA) is 32.8 Å². The Bertz CT molecular complexity index is 3120. The van der Waals surface area contributed by atoms with Gasteiger partial charge in [0.1, 0.15) is 22.3 Å². The van der Waals surface area contributed by atoms with Crippen LogP contribution in [0.15, 0.2) is 203 Å². The fourth-order valence-electron chi connectivity index (χ4n) is 8.18. The molecule has 0 aliphatic heterocycles. The van der Waals surface area contributed by atoms with Crippen LogP contribution in [0.1, 0.15) is 0 Å². The summed E-state index contributed by atoms with van der Waals surface area (Å²) in [5.74, 6) is 0. The molecule has 4 heteroatoms. The van der Waals surface area contributed by atoms with Crippen LogP contribution in [-0.2, 0) is 0 Å². The van der Waals surface area contributed by atoms with Gasteiger partial charge in [-0.2, -0.15) is 0 Å². The number of anilines is 6. The van der Waals surface area contributed by atoms with Crippen molar-refractivity contribution in [1.29, 1.82) is 0 Å². The second kappa shape index (κ2) is 12.1. The third kappa shape index (κ3) is 4.78. The van der Waals surface area contributed by atoms with E-state index in [1.54, 1.807) is 0 Å². The maximum atomic E-state index is 6.60. The summed E-state index contributed by atoms with van der Waals surface area (Å²) in [5, 5.41) is 9.10. The molecule has 54 heavy (non-hydrogen) atoms. The molecule has 0 fully saturated rings. The van der Waals surface area contributed by atoms with E-state index in [-0.39, 0.29) is 0 Å². The van der Waals surface area contributed by atoms with E-state index in [1.165, 1.54) is 10.8 Å². The highest BCUT2D eigenvalue weighted by Crippen LogP contribution is 2.45. The molecular weight excluding hydrogens is 661 g/mol. The van der Waals surface area contributed by atoms with Gasteiger partial charge < -0.3 is 18.6 Å². The number of hydrogen-bond acceptors (Lipinski definition) is 4. The first-order valence-electron chi connectivity index (χ1n) is 18.3. The number of furan rings is 2. The monoisotopic (exact) mass is 692 g/mol. The number of benzene rings is 9. The molecule has 254 valence electrons. The second-order valence-electron chi connectivity index (χ2n) is 13.7. The van der Waals surface area contributed by atoms with Crippen molar-refractivity contribution in [1.82, 2.24) is 0 Å². The molecule has 2 aromatic heterocycles. The molecular formula is C50H32N2O2. The summed E-state index contributed by atoms with van der Waals surface area (Å²) in [6, 6.07) is 68.4. The van der Waals surface area contributed by atoms with Crippen molar-refractivity contribution >= 4 is 99.5 Å². The molecule has 0 aliphatic carbocycles. The van der Waals surface area contributed by atoms with Crippen LogP contribution >= 0.6 is 0 Å². The van der Waals surface area contributed by atoms with Crippen molar-refractivity contribution < 1.29 is 8.83 Å². The summed E-state index contributed by atoms with van der Waals surface area (Å²) in [7, 11) is 0. The standard InChI is InChI=1S/C50H32N2O2/c1-3-13-33(14-4-1)51(34-15-5-2-6-16-34)35-23-25-36(26-24-35)52(38-28-30-48-45(32-38)40-18-9-11-21-46(40)53-48)37-27-29-42-44(31-37)39-17-7-8-19-41(39)49-43-20-10-12-22-47(43)54-50(42)49/h1-32H. The minimum atomic E-state index is 0.869. The van der Waals surface area contributed by atoms with Crippen LogP contribution in [0.4, 0.5) is 34.1 Å². The number of hydrogen-bond donors (Lipinski definition) is 0. The molecule has 0 unspecified atom stereocenters. The Labute approximate surface area is 311 Å². The molecule has 0 radical (unpaired) electrons. The van der Waals surface area contributed by atoms with Gasteiger partial charge in [-0.15, -0.1) is 0 Å². The third-order valence-electron chi connectivity index (χ3n) is 10.6. The van der Waals surface area contributed by atoms with Crippen molar-refractivity contribution in [3.63, 3.8) is 0 Å². The molecule has 4 nitrogen and oxygen atoms in total. The highest BCUT2D eigenvalue weighted by molar-refractivity contribution is 6.30. The molecule has 0 atom stereocenters. The van der Waals surface area contributed by atoms with E-state index in [0.29, 0.717) is 0 Å². The molecule has 11 rings (SSSR count). The van der Waals surface area contributed by atoms with Crippen LogP contribution in [0.3, 0.4) is 0 Å². The summed E-state index contributed by atoms with van der Waals surface area (Å²) in [4.78, 5) is 4.63. The molecule has 0 N–H and O–H groups in total. The Balaban J connectivity index is 1.13. The van der Waals surface area contributed by atoms with Crippen LogP contribution < -0.4 is 9.80 Å². The number of fused-ring (bicyclic) bond motifs is 11. The first-order chi connectivity index (χ1) is 26.8. The zero-order valence-electron chi connectivity index (χ0n) is 29.2. The summed E-state index contributed by atoms with van der Waals surface area (Å²) in [6.07, 6.45) is 0. The van der Waals surface area contributed by atoms with Gasteiger partial charge in [0.15, 0.2) is 0 Å². The van der Waals surface area contributed by atoms with Gasteiger partial charge in [-0.25, -0.2) is 0 Å². The fraction of sp³-hybridized carbons (Fsp3) is 0. The molecule has 9 aromatic carbocycles. The fourth-order valence-corrected chi connectivity index (χ4v) is 8.18. The van der Waals surface area contributed by atoms with Gasteiger partial charge in [0.25, 0.3) is 0 Å². The van der Waals surface area contributed by atoms with E-state index in [0.717, 1.165) is 88.8 Å². The zero-order valence-corrected chi connectivity index (χ0v) is 29.2. The average Bonchev–Trinajstić information content (AvgIpc) is 3.82. The van der Waals surface area contributed by atoms with Gasteiger partial charge in [0.2, 0.25) is 0 Å². The lowest BCUT2D eigenvalue weighted by atomic mass is 9.96. The average molecular weight is 693 g/mol. The minimum absolute atomic E-state index is 0.869. The van der Waals surface area contributed by atoms with Crippen LogP contribution in [0.2, 0.25) is 0 Å². The lowest BCUT2D eigenvalue weighted by Crippen LogP contribution is -2.12.